The number of phenols is 1. The van der Waals surface area contributed by atoms with Gasteiger partial charge >= 0.3 is 0 Å². The van der Waals surface area contributed by atoms with E-state index in [2.05, 4.69) is 20.5 Å². The predicted molar refractivity (Wildman–Crippen MR) is 170 cm³/mol. The van der Waals surface area contributed by atoms with Gasteiger partial charge in [0, 0.05) is 38.3 Å². The molecule has 0 aliphatic heterocycles. The van der Waals surface area contributed by atoms with Gasteiger partial charge in [-0.3, -0.25) is 9.11 Å². The molecule has 0 bridgehead atoms. The molecule has 15 heteroatoms. The van der Waals surface area contributed by atoms with Crippen LogP contribution in [0.15, 0.2) is 121 Å². The van der Waals surface area contributed by atoms with Crippen molar-refractivity contribution in [3.05, 3.63) is 91.0 Å². The maximum Gasteiger partial charge on any atom is 0.296 e. The van der Waals surface area contributed by atoms with Crippen LogP contribution in [0.1, 0.15) is 0 Å². The standard InChI is InChI=1S/C30H22N6O7S2/c31-17-6-5-16-13-28(45(41,42)43)29(30(37)22(16)14-17)36-35-27-12-11-26(19-3-1-2-4-20(19)27)34-33-25-10-9-24(32)23-15-18(44(38,39)40)7-8-21(23)25/h1-15,37H,31-32H2,(H,38,39,40)(H,41,42,43). The minimum atomic E-state index is -4.80. The molecule has 13 nitrogen and oxygen atoms in total. The van der Waals surface area contributed by atoms with Gasteiger partial charge in [0.2, 0.25) is 0 Å². The van der Waals surface area contributed by atoms with Crippen LogP contribution in [-0.2, 0) is 20.2 Å². The number of hydrogen-bond donors (Lipinski definition) is 5. The number of aromatic hydroxyl groups is 1. The molecule has 7 N–H and O–H groups in total. The number of phenolic OH excluding ortho intramolecular Hbond substituents is 1. The highest BCUT2D eigenvalue weighted by Crippen LogP contribution is 2.43. The monoisotopic (exact) mass is 642 g/mol. The molecule has 0 fully saturated rings. The predicted octanol–water partition coefficient (Wildman–Crippen LogP) is 7.34. The molecule has 0 saturated heterocycles. The lowest BCUT2D eigenvalue weighted by Gasteiger charge is -2.10. The molecule has 6 rings (SSSR count). The molecule has 226 valence electrons. The van der Waals surface area contributed by atoms with Crippen LogP contribution in [0.25, 0.3) is 32.3 Å². The Hall–Kier alpha value is -5.48. The van der Waals surface area contributed by atoms with Crippen molar-refractivity contribution in [1.29, 1.82) is 0 Å². The second kappa shape index (κ2) is 10.9. The van der Waals surface area contributed by atoms with Gasteiger partial charge in [0.15, 0.2) is 5.75 Å². The summed E-state index contributed by atoms with van der Waals surface area (Å²) in [6, 6.07) is 23.0. The van der Waals surface area contributed by atoms with Gasteiger partial charge in [-0.05, 0) is 60.0 Å². The Morgan fingerprint density at radius 2 is 1.13 bits per heavy atom. The second-order valence-corrected chi connectivity index (χ2v) is 12.7. The quantitative estimate of drug-likeness (QED) is 0.0693. The summed E-state index contributed by atoms with van der Waals surface area (Å²) in [5.41, 5.74) is 13.2. The number of azo groups is 2. The van der Waals surface area contributed by atoms with E-state index in [1.165, 1.54) is 42.5 Å². The van der Waals surface area contributed by atoms with Crippen LogP contribution in [0.3, 0.4) is 0 Å². The summed E-state index contributed by atoms with van der Waals surface area (Å²) in [6.07, 6.45) is 0. The first-order chi connectivity index (χ1) is 21.3. The summed E-state index contributed by atoms with van der Waals surface area (Å²) in [7, 11) is -9.24. The van der Waals surface area contributed by atoms with Crippen LogP contribution >= 0.6 is 0 Å². The van der Waals surface area contributed by atoms with Gasteiger partial charge in [0.05, 0.1) is 22.0 Å². The van der Waals surface area contributed by atoms with Crippen molar-refractivity contribution in [1.82, 2.24) is 0 Å². The minimum absolute atomic E-state index is 0.223. The van der Waals surface area contributed by atoms with Crippen molar-refractivity contribution in [2.45, 2.75) is 9.79 Å². The Kier molecular flexibility index (Phi) is 7.17. The van der Waals surface area contributed by atoms with Crippen molar-refractivity contribution >= 4 is 86.7 Å². The molecule has 6 aromatic rings. The highest BCUT2D eigenvalue weighted by atomic mass is 32.2. The molecule has 0 heterocycles. The second-order valence-electron chi connectivity index (χ2n) is 9.93. The Morgan fingerprint density at radius 1 is 0.556 bits per heavy atom. The van der Waals surface area contributed by atoms with Crippen LogP contribution in [-0.4, -0.2) is 31.0 Å². The van der Waals surface area contributed by atoms with E-state index in [9.17, 15) is 31.0 Å². The van der Waals surface area contributed by atoms with E-state index in [-0.39, 0.29) is 16.0 Å². The van der Waals surface area contributed by atoms with Crippen LogP contribution in [0, 0.1) is 0 Å². The summed E-state index contributed by atoms with van der Waals surface area (Å²) < 4.78 is 66.9. The Bertz CT molecular complexity index is 2480. The molecule has 0 spiro atoms. The van der Waals surface area contributed by atoms with Gasteiger partial charge in [0.25, 0.3) is 20.2 Å². The smallest absolute Gasteiger partial charge is 0.296 e. The fraction of sp³-hybridized carbons (Fsp3) is 0. The zero-order chi connectivity index (χ0) is 32.1. The number of anilines is 2. The summed E-state index contributed by atoms with van der Waals surface area (Å²) in [5.74, 6) is -0.523. The number of hydrogen-bond acceptors (Lipinski definition) is 11. The van der Waals surface area contributed by atoms with E-state index < -0.39 is 36.6 Å². The highest BCUT2D eigenvalue weighted by molar-refractivity contribution is 7.86. The zero-order valence-corrected chi connectivity index (χ0v) is 24.5. The maximum absolute atomic E-state index is 12.2. The maximum atomic E-state index is 12.2. The third-order valence-electron chi connectivity index (χ3n) is 7.05. The molecule has 0 aromatic heterocycles. The topological polar surface area (TPSA) is 230 Å². The van der Waals surface area contributed by atoms with Crippen molar-refractivity contribution in [3.63, 3.8) is 0 Å². The lowest BCUT2D eigenvalue weighted by molar-refractivity contribution is 0.472. The van der Waals surface area contributed by atoms with Crippen LogP contribution in [0.4, 0.5) is 34.1 Å². The average Bonchev–Trinajstić information content (AvgIpc) is 3.00. The van der Waals surface area contributed by atoms with Gasteiger partial charge in [-0.1, -0.05) is 36.4 Å². The molecule has 0 radical (unpaired) electrons. The first-order valence-electron chi connectivity index (χ1n) is 13.0. The molecule has 0 aliphatic carbocycles. The van der Waals surface area contributed by atoms with Gasteiger partial charge in [-0.2, -0.15) is 16.8 Å². The normalized spacial score (nSPS) is 12.7. The van der Waals surface area contributed by atoms with Gasteiger partial charge in [-0.15, -0.1) is 20.5 Å². The van der Waals surface area contributed by atoms with Crippen LogP contribution in [0.2, 0.25) is 0 Å². The fourth-order valence-electron chi connectivity index (χ4n) is 4.89. The SMILES string of the molecule is Nc1ccc2cc(S(=O)(=O)O)c(N=Nc3ccc(N=Nc4ccc(N)c5cc(S(=O)(=O)O)ccc45)c4ccccc34)c(O)c2c1. The third kappa shape index (κ3) is 5.63. The molecule has 0 unspecified atom stereocenters. The summed E-state index contributed by atoms with van der Waals surface area (Å²) in [6.45, 7) is 0. The first kappa shape index (κ1) is 29.6. The number of nitrogen functional groups attached to an aromatic ring is 2. The largest absolute Gasteiger partial charge is 0.505 e. The van der Waals surface area contributed by atoms with Crippen molar-refractivity contribution in [3.8, 4) is 5.75 Å². The average molecular weight is 643 g/mol. The molecule has 0 amide bonds. The first-order valence-corrected chi connectivity index (χ1v) is 15.9. The minimum Gasteiger partial charge on any atom is -0.505 e. The van der Waals surface area contributed by atoms with Crippen molar-refractivity contribution in [2.75, 3.05) is 11.5 Å². The molecule has 45 heavy (non-hydrogen) atoms. The number of nitrogens with zero attached hydrogens (tertiary/aromatic N) is 4. The lowest BCUT2D eigenvalue weighted by atomic mass is 10.1. The van der Waals surface area contributed by atoms with Gasteiger partial charge < -0.3 is 16.6 Å². The van der Waals surface area contributed by atoms with E-state index in [0.29, 0.717) is 49.7 Å². The fourth-order valence-corrected chi connectivity index (χ4v) is 6.05. The lowest BCUT2D eigenvalue weighted by Crippen LogP contribution is -1.99. The van der Waals surface area contributed by atoms with E-state index >= 15 is 0 Å². The molecule has 6 aromatic carbocycles. The molecular weight excluding hydrogens is 620 g/mol. The Morgan fingerprint density at radius 3 is 1.73 bits per heavy atom. The van der Waals surface area contributed by atoms with E-state index in [1.807, 2.05) is 0 Å². The van der Waals surface area contributed by atoms with E-state index in [1.54, 1.807) is 48.5 Å². The van der Waals surface area contributed by atoms with Gasteiger partial charge in [-0.25, -0.2) is 0 Å². The van der Waals surface area contributed by atoms with Crippen LogP contribution in [0.5, 0.6) is 5.75 Å². The third-order valence-corrected chi connectivity index (χ3v) is 8.77. The summed E-state index contributed by atoms with van der Waals surface area (Å²) in [5, 5.41) is 30.5. The van der Waals surface area contributed by atoms with E-state index in [4.69, 9.17) is 11.5 Å². The Labute approximate surface area is 255 Å². The summed E-state index contributed by atoms with van der Waals surface area (Å²) >= 11 is 0. The van der Waals surface area contributed by atoms with Crippen molar-refractivity contribution < 1.29 is 31.0 Å². The Balaban J connectivity index is 1.43. The number of rotatable bonds is 6. The zero-order valence-electron chi connectivity index (χ0n) is 22.9. The van der Waals surface area contributed by atoms with Crippen molar-refractivity contribution in [2.24, 2.45) is 20.5 Å². The van der Waals surface area contributed by atoms with Gasteiger partial charge in [0.1, 0.15) is 10.6 Å². The molecular formula is C30H22N6O7S2. The molecule has 0 atom stereocenters. The molecule has 0 aliphatic rings. The summed E-state index contributed by atoms with van der Waals surface area (Å²) in [4.78, 5) is -0.938. The number of nitrogens with two attached hydrogens (primary N) is 2. The van der Waals surface area contributed by atoms with E-state index in [0.717, 1.165) is 0 Å². The highest BCUT2D eigenvalue weighted by Gasteiger charge is 2.22. The molecule has 0 saturated carbocycles. The van der Waals surface area contributed by atoms with Crippen LogP contribution < -0.4 is 11.5 Å². The number of fused-ring (bicyclic) bond motifs is 3. The number of benzene rings is 6.